The van der Waals surface area contributed by atoms with E-state index in [1.807, 2.05) is 84.9 Å². The number of rotatable bonds is 8. The number of halogens is 1. The molecule has 0 bridgehead atoms. The average Bonchev–Trinajstić information content (AvgIpc) is 3.34. The Bertz CT molecular complexity index is 1570. The molecule has 5 rings (SSSR count). The van der Waals surface area contributed by atoms with E-state index in [0.29, 0.717) is 11.4 Å². The second-order valence-corrected chi connectivity index (χ2v) is 9.42. The predicted molar refractivity (Wildman–Crippen MR) is 148 cm³/mol. The first-order chi connectivity index (χ1) is 18.0. The molecule has 2 heterocycles. The van der Waals surface area contributed by atoms with Crippen molar-refractivity contribution in [1.82, 2.24) is 19.9 Å². The second kappa shape index (κ2) is 10.8. The first-order valence-electron chi connectivity index (χ1n) is 11.5. The van der Waals surface area contributed by atoms with Gasteiger partial charge in [-0.25, -0.2) is 9.50 Å². The third-order valence-electron chi connectivity index (χ3n) is 5.55. The number of carbonyl (C=O) groups is 2. The van der Waals surface area contributed by atoms with Gasteiger partial charge in [0.05, 0.1) is 17.8 Å². The smallest absolute Gasteiger partial charge is 0.305 e. The van der Waals surface area contributed by atoms with Crippen LogP contribution in [0, 0.1) is 3.57 Å². The zero-order valence-corrected chi connectivity index (χ0v) is 21.6. The van der Waals surface area contributed by atoms with E-state index in [0.717, 1.165) is 31.8 Å². The number of hydrogen-bond donors (Lipinski definition) is 2. The molecule has 0 aliphatic rings. The highest BCUT2D eigenvalue weighted by atomic mass is 127. The number of carbonyl (C=O) groups excluding carboxylic acids is 1. The quantitative estimate of drug-likeness (QED) is 0.222. The monoisotopic (exact) mass is 604 g/mol. The molecule has 0 atom stereocenters. The molecule has 0 aliphatic heterocycles. The number of aliphatic carboxylic acids is 1. The van der Waals surface area contributed by atoms with Crippen molar-refractivity contribution in [3.05, 3.63) is 100 Å². The lowest BCUT2D eigenvalue weighted by Crippen LogP contribution is -2.26. The summed E-state index contributed by atoms with van der Waals surface area (Å²) in [6.07, 6.45) is -0.170. The molecule has 8 nitrogen and oxygen atoms in total. The standard InChI is InChI=1S/C28H21IN4O4/c29-20-10-6-18(7-11-20)23-16-25(19-8-12-22(13-9-19)37-21-4-2-1-3-5-21)33-26(31-23)17-24(32-33)28(36)30-15-14-27(34)35/h1-13,16-17H,14-15H2,(H,30,36)(H,34,35). The number of carboxylic acids is 1. The molecule has 0 unspecified atom stereocenters. The Morgan fingerprint density at radius 2 is 1.57 bits per heavy atom. The van der Waals surface area contributed by atoms with Gasteiger partial charge in [0.15, 0.2) is 11.3 Å². The van der Waals surface area contributed by atoms with Crippen LogP contribution < -0.4 is 10.1 Å². The van der Waals surface area contributed by atoms with Crippen molar-refractivity contribution >= 4 is 40.1 Å². The lowest BCUT2D eigenvalue weighted by molar-refractivity contribution is -0.136. The fourth-order valence-corrected chi connectivity index (χ4v) is 4.11. The van der Waals surface area contributed by atoms with Crippen molar-refractivity contribution in [2.75, 3.05) is 6.54 Å². The molecule has 5 aromatic rings. The van der Waals surface area contributed by atoms with E-state index in [4.69, 9.17) is 14.8 Å². The summed E-state index contributed by atoms with van der Waals surface area (Å²) in [7, 11) is 0. The number of nitrogens with one attached hydrogen (secondary N) is 1. The van der Waals surface area contributed by atoms with Crippen molar-refractivity contribution < 1.29 is 19.4 Å². The largest absolute Gasteiger partial charge is 0.481 e. The third kappa shape index (κ3) is 5.78. The van der Waals surface area contributed by atoms with Gasteiger partial charge >= 0.3 is 5.97 Å². The van der Waals surface area contributed by atoms with E-state index >= 15 is 0 Å². The van der Waals surface area contributed by atoms with Gasteiger partial charge in [0.1, 0.15) is 11.5 Å². The Kier molecular flexibility index (Phi) is 7.13. The lowest BCUT2D eigenvalue weighted by atomic mass is 10.1. The molecule has 0 fully saturated rings. The molecule has 0 spiro atoms. The summed E-state index contributed by atoms with van der Waals surface area (Å²) in [5, 5.41) is 15.9. The number of ether oxygens (including phenoxy) is 1. The lowest BCUT2D eigenvalue weighted by Gasteiger charge is -2.10. The summed E-state index contributed by atoms with van der Waals surface area (Å²) in [6, 6.07) is 28.7. The van der Waals surface area contributed by atoms with Crippen LogP contribution in [0.15, 0.2) is 91.0 Å². The molecule has 2 N–H and O–H groups in total. The second-order valence-electron chi connectivity index (χ2n) is 8.17. The first kappa shape index (κ1) is 24.4. The number of para-hydroxylation sites is 1. The number of fused-ring (bicyclic) bond motifs is 1. The number of aromatic nitrogens is 3. The Balaban J connectivity index is 1.53. The van der Waals surface area contributed by atoms with Gasteiger partial charge in [0, 0.05) is 27.3 Å². The zero-order chi connectivity index (χ0) is 25.8. The van der Waals surface area contributed by atoms with Gasteiger partial charge in [-0.15, -0.1) is 0 Å². The van der Waals surface area contributed by atoms with E-state index in [1.54, 1.807) is 10.6 Å². The van der Waals surface area contributed by atoms with Gasteiger partial charge in [0.25, 0.3) is 5.91 Å². The fraction of sp³-hybridized carbons (Fsp3) is 0.0714. The summed E-state index contributed by atoms with van der Waals surface area (Å²) < 4.78 is 8.65. The first-order valence-corrected chi connectivity index (χ1v) is 12.5. The molecule has 0 aliphatic carbocycles. The van der Waals surface area contributed by atoms with Crippen LogP contribution >= 0.6 is 22.6 Å². The molecule has 184 valence electrons. The minimum absolute atomic E-state index is 0.0130. The van der Waals surface area contributed by atoms with Crippen LogP contribution in [0.4, 0.5) is 0 Å². The van der Waals surface area contributed by atoms with Gasteiger partial charge < -0.3 is 15.2 Å². The number of nitrogens with zero attached hydrogens (tertiary/aromatic N) is 3. The molecule has 2 aromatic heterocycles. The summed E-state index contributed by atoms with van der Waals surface area (Å²) >= 11 is 2.25. The number of hydrogen-bond acceptors (Lipinski definition) is 5. The summed E-state index contributed by atoms with van der Waals surface area (Å²) in [4.78, 5) is 28.2. The number of benzene rings is 3. The van der Waals surface area contributed by atoms with E-state index in [1.165, 1.54) is 0 Å². The zero-order valence-electron chi connectivity index (χ0n) is 19.5. The van der Waals surface area contributed by atoms with Crippen LogP contribution in [-0.2, 0) is 4.79 Å². The molecule has 3 aromatic carbocycles. The van der Waals surface area contributed by atoms with Gasteiger partial charge in [0.2, 0.25) is 0 Å². The highest BCUT2D eigenvalue weighted by molar-refractivity contribution is 14.1. The van der Waals surface area contributed by atoms with E-state index in [9.17, 15) is 9.59 Å². The molecular formula is C28H21IN4O4. The molecule has 0 saturated carbocycles. The summed E-state index contributed by atoms with van der Waals surface area (Å²) in [5.74, 6) is -0.00789. The van der Waals surface area contributed by atoms with Crippen molar-refractivity contribution in [1.29, 1.82) is 0 Å². The normalized spacial score (nSPS) is 10.8. The maximum atomic E-state index is 12.6. The van der Waals surface area contributed by atoms with Crippen molar-refractivity contribution in [2.24, 2.45) is 0 Å². The highest BCUT2D eigenvalue weighted by Gasteiger charge is 2.17. The molecule has 0 radical (unpaired) electrons. The van der Waals surface area contributed by atoms with E-state index in [2.05, 4.69) is 33.0 Å². The minimum atomic E-state index is -0.985. The molecule has 9 heteroatoms. The van der Waals surface area contributed by atoms with Crippen LogP contribution in [0.1, 0.15) is 16.9 Å². The van der Waals surface area contributed by atoms with Crippen LogP contribution in [0.25, 0.3) is 28.2 Å². The highest BCUT2D eigenvalue weighted by Crippen LogP contribution is 2.29. The maximum Gasteiger partial charge on any atom is 0.305 e. The molecule has 37 heavy (non-hydrogen) atoms. The third-order valence-corrected chi connectivity index (χ3v) is 6.27. The van der Waals surface area contributed by atoms with Crippen LogP contribution in [0.2, 0.25) is 0 Å². The van der Waals surface area contributed by atoms with Crippen molar-refractivity contribution in [3.8, 4) is 34.0 Å². The topological polar surface area (TPSA) is 106 Å². The SMILES string of the molecule is O=C(O)CCNC(=O)c1cc2nc(-c3ccc(I)cc3)cc(-c3ccc(Oc4ccccc4)cc3)n2n1. The van der Waals surface area contributed by atoms with Gasteiger partial charge in [-0.05, 0) is 77.2 Å². The Morgan fingerprint density at radius 3 is 2.27 bits per heavy atom. The summed E-state index contributed by atoms with van der Waals surface area (Å²) in [5.41, 5.74) is 3.93. The maximum absolute atomic E-state index is 12.6. The van der Waals surface area contributed by atoms with Gasteiger partial charge in [-0.3, -0.25) is 9.59 Å². The average molecular weight is 604 g/mol. The van der Waals surface area contributed by atoms with Crippen molar-refractivity contribution in [3.63, 3.8) is 0 Å². The molecule has 0 saturated heterocycles. The number of amides is 1. The predicted octanol–water partition coefficient (Wildman–Crippen LogP) is 5.66. The fourth-order valence-electron chi connectivity index (χ4n) is 3.75. The summed E-state index contributed by atoms with van der Waals surface area (Å²) in [6.45, 7) is 0.0130. The van der Waals surface area contributed by atoms with E-state index < -0.39 is 11.9 Å². The van der Waals surface area contributed by atoms with Crippen LogP contribution in [0.5, 0.6) is 11.5 Å². The Morgan fingerprint density at radius 1 is 0.892 bits per heavy atom. The molecule has 1 amide bonds. The Labute approximate surface area is 226 Å². The Hall–Kier alpha value is -4.25. The van der Waals surface area contributed by atoms with Crippen LogP contribution in [-0.4, -0.2) is 38.1 Å². The van der Waals surface area contributed by atoms with E-state index in [-0.39, 0.29) is 18.7 Å². The van der Waals surface area contributed by atoms with Crippen LogP contribution in [0.3, 0.4) is 0 Å². The minimum Gasteiger partial charge on any atom is -0.481 e. The molecular weight excluding hydrogens is 583 g/mol. The van der Waals surface area contributed by atoms with Crippen molar-refractivity contribution in [2.45, 2.75) is 6.42 Å². The van der Waals surface area contributed by atoms with Gasteiger partial charge in [-0.2, -0.15) is 5.10 Å². The number of carboxylic acid groups (broad SMARTS) is 1. The van der Waals surface area contributed by atoms with Gasteiger partial charge in [-0.1, -0.05) is 30.3 Å².